The van der Waals surface area contributed by atoms with Crippen molar-refractivity contribution in [2.45, 2.75) is 13.2 Å². The molecule has 1 amide bonds. The number of pyridine rings is 1. The summed E-state index contributed by atoms with van der Waals surface area (Å²) in [6.45, 7) is 0.977. The maximum Gasteiger partial charge on any atom is 0.258 e. The fourth-order valence-electron chi connectivity index (χ4n) is 3.58. The summed E-state index contributed by atoms with van der Waals surface area (Å²) in [6.07, 6.45) is 0. The topological polar surface area (TPSA) is 87.3 Å². The molecule has 0 saturated carbocycles. The number of anilines is 3. The standard InChI is InChI=1S/C26H22FN5O2/c27-22-11-8-19(23-12-13-24-25(29-23)31-32-30-24)14-21(22)26(33)28-20-9-6-18(7-10-20)16-34-15-17-4-2-1-3-5-17/h1-14,30,32H,15-16H2,(H,28,33)(H,29,31). The van der Waals surface area contributed by atoms with Gasteiger partial charge in [0.1, 0.15) is 5.82 Å². The Bertz CT molecular complexity index is 1310. The number of benzene rings is 3. The largest absolute Gasteiger partial charge is 0.372 e. The van der Waals surface area contributed by atoms with Crippen LogP contribution in [0.15, 0.2) is 84.9 Å². The lowest BCUT2D eigenvalue weighted by molar-refractivity contribution is 0.102. The van der Waals surface area contributed by atoms with E-state index in [0.29, 0.717) is 36.0 Å². The lowest BCUT2D eigenvalue weighted by Gasteiger charge is -2.10. The summed E-state index contributed by atoms with van der Waals surface area (Å²) in [7, 11) is 0. The molecule has 0 saturated heterocycles. The van der Waals surface area contributed by atoms with Crippen molar-refractivity contribution in [3.8, 4) is 11.3 Å². The van der Waals surface area contributed by atoms with Gasteiger partial charge in [-0.25, -0.2) is 9.37 Å². The van der Waals surface area contributed by atoms with Crippen molar-refractivity contribution in [3.05, 3.63) is 107 Å². The van der Waals surface area contributed by atoms with Crippen molar-refractivity contribution in [1.82, 2.24) is 10.5 Å². The van der Waals surface area contributed by atoms with E-state index >= 15 is 0 Å². The Morgan fingerprint density at radius 3 is 2.44 bits per heavy atom. The van der Waals surface area contributed by atoms with Crippen molar-refractivity contribution in [2.75, 3.05) is 16.2 Å². The van der Waals surface area contributed by atoms with Gasteiger partial charge >= 0.3 is 0 Å². The number of ether oxygens (including phenoxy) is 1. The second-order valence-corrected chi connectivity index (χ2v) is 7.79. The van der Waals surface area contributed by atoms with Crippen molar-refractivity contribution in [3.63, 3.8) is 0 Å². The zero-order valence-corrected chi connectivity index (χ0v) is 18.1. The summed E-state index contributed by atoms with van der Waals surface area (Å²) < 4.78 is 20.2. The molecule has 0 bridgehead atoms. The zero-order chi connectivity index (χ0) is 23.3. The fourth-order valence-corrected chi connectivity index (χ4v) is 3.58. The smallest absolute Gasteiger partial charge is 0.258 e. The quantitative estimate of drug-likeness (QED) is 0.310. The van der Waals surface area contributed by atoms with Crippen LogP contribution in [0, 0.1) is 5.82 Å². The Kier molecular flexibility index (Phi) is 6.15. The Balaban J connectivity index is 1.24. The van der Waals surface area contributed by atoms with Crippen molar-refractivity contribution >= 4 is 23.1 Å². The number of hydrogen-bond acceptors (Lipinski definition) is 6. The van der Waals surface area contributed by atoms with Crippen LogP contribution in [0.2, 0.25) is 0 Å². The van der Waals surface area contributed by atoms with Crippen LogP contribution < -0.4 is 21.7 Å². The van der Waals surface area contributed by atoms with E-state index in [9.17, 15) is 9.18 Å². The first-order valence-electron chi connectivity index (χ1n) is 10.8. The predicted molar refractivity (Wildman–Crippen MR) is 129 cm³/mol. The van der Waals surface area contributed by atoms with Gasteiger partial charge in [-0.05, 0) is 53.6 Å². The number of carbonyl (C=O) groups excluding carboxylic acids is 1. The van der Waals surface area contributed by atoms with Crippen LogP contribution >= 0.6 is 0 Å². The third kappa shape index (κ3) is 4.88. The van der Waals surface area contributed by atoms with E-state index in [2.05, 4.69) is 26.7 Å². The van der Waals surface area contributed by atoms with E-state index < -0.39 is 11.7 Å². The van der Waals surface area contributed by atoms with E-state index in [1.54, 1.807) is 24.3 Å². The second-order valence-electron chi connectivity index (χ2n) is 7.79. The molecule has 0 atom stereocenters. The van der Waals surface area contributed by atoms with Gasteiger partial charge in [0.25, 0.3) is 5.91 Å². The summed E-state index contributed by atoms with van der Waals surface area (Å²) in [4.78, 5) is 17.3. The fraction of sp³-hybridized carbons (Fsp3) is 0.0769. The van der Waals surface area contributed by atoms with Crippen LogP contribution in [0.4, 0.5) is 21.6 Å². The molecule has 5 rings (SSSR count). The molecule has 3 aromatic carbocycles. The minimum absolute atomic E-state index is 0.0562. The Labute approximate surface area is 195 Å². The normalized spacial score (nSPS) is 11.9. The number of nitrogens with zero attached hydrogens (tertiary/aromatic N) is 1. The third-order valence-electron chi connectivity index (χ3n) is 5.37. The highest BCUT2D eigenvalue weighted by molar-refractivity contribution is 6.05. The monoisotopic (exact) mass is 455 g/mol. The average molecular weight is 455 g/mol. The Morgan fingerprint density at radius 1 is 0.882 bits per heavy atom. The summed E-state index contributed by atoms with van der Waals surface area (Å²) in [5.41, 5.74) is 13.2. The second kappa shape index (κ2) is 9.70. The maximum atomic E-state index is 14.5. The van der Waals surface area contributed by atoms with Gasteiger partial charge in [0.05, 0.1) is 30.2 Å². The molecule has 0 radical (unpaired) electrons. The number of nitrogens with one attached hydrogen (secondary N) is 4. The van der Waals surface area contributed by atoms with E-state index in [-0.39, 0.29) is 5.56 Å². The van der Waals surface area contributed by atoms with Gasteiger partial charge in [0.2, 0.25) is 0 Å². The van der Waals surface area contributed by atoms with Crippen LogP contribution in [-0.4, -0.2) is 10.9 Å². The highest BCUT2D eigenvalue weighted by atomic mass is 19.1. The molecule has 1 aliphatic rings. The molecular weight excluding hydrogens is 433 g/mol. The number of hydrazine groups is 2. The minimum atomic E-state index is -0.602. The number of aromatic nitrogens is 1. The summed E-state index contributed by atoms with van der Waals surface area (Å²) in [5.74, 6) is -0.509. The molecule has 1 aromatic heterocycles. The first kappa shape index (κ1) is 21.6. The van der Waals surface area contributed by atoms with Crippen LogP contribution in [-0.2, 0) is 18.0 Å². The highest BCUT2D eigenvalue weighted by Crippen LogP contribution is 2.28. The van der Waals surface area contributed by atoms with Crippen molar-refractivity contribution in [2.24, 2.45) is 0 Å². The first-order chi connectivity index (χ1) is 16.7. The lowest BCUT2D eigenvalue weighted by Crippen LogP contribution is -2.19. The molecular formula is C26H22FN5O2. The molecule has 170 valence electrons. The van der Waals surface area contributed by atoms with E-state index in [0.717, 1.165) is 16.8 Å². The maximum absolute atomic E-state index is 14.5. The van der Waals surface area contributed by atoms with Gasteiger partial charge in [0, 0.05) is 11.3 Å². The number of halogens is 1. The lowest BCUT2D eigenvalue weighted by atomic mass is 10.1. The molecule has 4 N–H and O–H groups in total. The molecule has 1 aliphatic heterocycles. The van der Waals surface area contributed by atoms with E-state index in [4.69, 9.17) is 4.74 Å². The molecule has 7 nitrogen and oxygen atoms in total. The molecule has 34 heavy (non-hydrogen) atoms. The number of hydrogen-bond donors (Lipinski definition) is 4. The molecule has 4 aromatic rings. The van der Waals surface area contributed by atoms with Crippen LogP contribution in [0.3, 0.4) is 0 Å². The number of carbonyl (C=O) groups is 1. The Hall–Kier alpha value is -4.27. The van der Waals surface area contributed by atoms with Gasteiger partial charge in [-0.2, -0.15) is 0 Å². The van der Waals surface area contributed by atoms with Gasteiger partial charge in [-0.1, -0.05) is 42.5 Å². The number of amides is 1. The molecule has 0 aliphatic carbocycles. The summed E-state index contributed by atoms with van der Waals surface area (Å²) >= 11 is 0. The van der Waals surface area contributed by atoms with Gasteiger partial charge in [-0.15, -0.1) is 5.53 Å². The average Bonchev–Trinajstić information content (AvgIpc) is 3.34. The number of fused-ring (bicyclic) bond motifs is 1. The SMILES string of the molecule is O=C(Nc1ccc(COCc2ccccc2)cc1)c1cc(-c2ccc3c(n2)NNN3)ccc1F. The summed E-state index contributed by atoms with van der Waals surface area (Å²) in [6, 6.07) is 25.3. The highest BCUT2D eigenvalue weighted by Gasteiger charge is 2.16. The van der Waals surface area contributed by atoms with Crippen LogP contribution in [0.1, 0.15) is 21.5 Å². The summed E-state index contributed by atoms with van der Waals surface area (Å²) in [5, 5.41) is 2.76. The van der Waals surface area contributed by atoms with Crippen molar-refractivity contribution < 1.29 is 13.9 Å². The Morgan fingerprint density at radius 2 is 1.65 bits per heavy atom. The van der Waals surface area contributed by atoms with Gasteiger partial charge in [-0.3, -0.25) is 10.2 Å². The number of rotatable bonds is 7. The van der Waals surface area contributed by atoms with Crippen LogP contribution in [0.5, 0.6) is 0 Å². The zero-order valence-electron chi connectivity index (χ0n) is 18.1. The molecule has 0 fully saturated rings. The molecule has 2 heterocycles. The van der Waals surface area contributed by atoms with Crippen molar-refractivity contribution in [1.29, 1.82) is 0 Å². The first-order valence-corrected chi connectivity index (χ1v) is 10.8. The minimum Gasteiger partial charge on any atom is -0.372 e. The molecule has 8 heteroatoms. The molecule has 0 spiro atoms. The van der Waals surface area contributed by atoms with Crippen LogP contribution in [0.25, 0.3) is 11.3 Å². The predicted octanol–water partition coefficient (Wildman–Crippen LogP) is 5.11. The van der Waals surface area contributed by atoms with Gasteiger partial charge in [0.15, 0.2) is 5.82 Å². The van der Waals surface area contributed by atoms with E-state index in [1.165, 1.54) is 12.1 Å². The third-order valence-corrected chi connectivity index (χ3v) is 5.37. The van der Waals surface area contributed by atoms with E-state index in [1.807, 2.05) is 48.5 Å². The van der Waals surface area contributed by atoms with Gasteiger partial charge < -0.3 is 15.5 Å². The molecule has 0 unspecified atom stereocenters.